The second-order valence-corrected chi connectivity index (χ2v) is 4.38. The van der Waals surface area contributed by atoms with Gasteiger partial charge in [-0.15, -0.1) is 0 Å². The molecule has 0 atom stereocenters. The van der Waals surface area contributed by atoms with E-state index in [-0.39, 0.29) is 16.5 Å². The zero-order chi connectivity index (χ0) is 14.0. The second kappa shape index (κ2) is 5.20. The molecule has 0 amide bonds. The second-order valence-electron chi connectivity index (χ2n) is 3.99. The molecule has 2 rings (SSSR count). The number of hydrogen-bond acceptors (Lipinski definition) is 3. The number of nitrogens with zero attached hydrogens (tertiary/aromatic N) is 1. The van der Waals surface area contributed by atoms with Crippen molar-refractivity contribution in [2.45, 2.75) is 6.92 Å². The number of carbonyl (C=O) groups excluding carboxylic acids is 1. The van der Waals surface area contributed by atoms with Crippen molar-refractivity contribution < 1.29 is 14.7 Å². The summed E-state index contributed by atoms with van der Waals surface area (Å²) in [6, 6.07) is 8.03. The average molecular weight is 276 g/mol. The van der Waals surface area contributed by atoms with Crippen molar-refractivity contribution in [1.82, 2.24) is 4.98 Å². The summed E-state index contributed by atoms with van der Waals surface area (Å²) < 4.78 is 0. The van der Waals surface area contributed by atoms with Gasteiger partial charge >= 0.3 is 5.97 Å². The van der Waals surface area contributed by atoms with E-state index in [1.165, 1.54) is 19.2 Å². The highest BCUT2D eigenvalue weighted by atomic mass is 35.5. The number of Topliss-reactive ketones (excluding diaryl/α,β-unsaturated/α-hetero) is 1. The zero-order valence-corrected chi connectivity index (χ0v) is 10.8. The molecule has 5 heteroatoms. The Kier molecular flexibility index (Phi) is 3.62. The maximum atomic E-state index is 11.3. The summed E-state index contributed by atoms with van der Waals surface area (Å²) in [6.45, 7) is 1.46. The molecule has 0 radical (unpaired) electrons. The molecule has 0 saturated heterocycles. The molecule has 4 nitrogen and oxygen atoms in total. The van der Waals surface area contributed by atoms with Crippen molar-refractivity contribution in [2.75, 3.05) is 0 Å². The minimum absolute atomic E-state index is 0.0562. The summed E-state index contributed by atoms with van der Waals surface area (Å²) in [7, 11) is 0. The molecule has 0 fully saturated rings. The molecule has 19 heavy (non-hydrogen) atoms. The van der Waals surface area contributed by atoms with Gasteiger partial charge in [0.1, 0.15) is 5.15 Å². The maximum absolute atomic E-state index is 11.3. The van der Waals surface area contributed by atoms with E-state index in [0.29, 0.717) is 16.7 Å². The lowest BCUT2D eigenvalue weighted by Gasteiger charge is -2.07. The first kappa shape index (κ1) is 13.2. The maximum Gasteiger partial charge on any atom is 0.336 e. The first-order valence-corrected chi connectivity index (χ1v) is 5.87. The van der Waals surface area contributed by atoms with Gasteiger partial charge in [0.2, 0.25) is 0 Å². The van der Waals surface area contributed by atoms with Gasteiger partial charge in [-0.05, 0) is 24.6 Å². The van der Waals surface area contributed by atoms with E-state index in [0.717, 1.165) is 0 Å². The quantitative estimate of drug-likeness (QED) is 0.689. The number of hydrogen-bond donors (Lipinski definition) is 1. The lowest BCUT2D eigenvalue weighted by Crippen LogP contribution is -2.01. The number of aromatic carboxylic acids is 1. The fourth-order valence-corrected chi connectivity index (χ4v) is 1.90. The molecule has 1 N–H and O–H groups in total. The van der Waals surface area contributed by atoms with Crippen LogP contribution in [-0.2, 0) is 0 Å². The molecule has 0 bridgehead atoms. The Morgan fingerprint density at radius 1 is 1.26 bits per heavy atom. The number of halogens is 1. The third kappa shape index (κ3) is 2.80. The largest absolute Gasteiger partial charge is 0.478 e. The number of carboxylic acids is 1. The molecule has 2 aromatic rings. The summed E-state index contributed by atoms with van der Waals surface area (Å²) in [6.07, 6.45) is 1.39. The molecule has 1 aromatic carbocycles. The van der Waals surface area contributed by atoms with Gasteiger partial charge in [0, 0.05) is 17.3 Å². The Bertz CT molecular complexity index is 667. The summed E-state index contributed by atoms with van der Waals surface area (Å²) >= 11 is 5.70. The van der Waals surface area contributed by atoms with Gasteiger partial charge in [0.25, 0.3) is 0 Å². The molecule has 0 unspecified atom stereocenters. The Balaban J connectivity index is 2.61. The molecular weight excluding hydrogens is 266 g/mol. The van der Waals surface area contributed by atoms with Gasteiger partial charge in [-0.3, -0.25) is 4.79 Å². The van der Waals surface area contributed by atoms with Crippen LogP contribution in [0.25, 0.3) is 11.1 Å². The van der Waals surface area contributed by atoms with Crippen LogP contribution in [0.3, 0.4) is 0 Å². The molecule has 96 valence electrons. The Hall–Kier alpha value is -2.20. The summed E-state index contributed by atoms with van der Waals surface area (Å²) in [4.78, 5) is 26.5. The van der Waals surface area contributed by atoms with Crippen LogP contribution in [0.1, 0.15) is 27.6 Å². The van der Waals surface area contributed by atoms with Crippen LogP contribution < -0.4 is 0 Å². The molecule has 0 aliphatic heterocycles. The van der Waals surface area contributed by atoms with Crippen molar-refractivity contribution in [1.29, 1.82) is 0 Å². The van der Waals surface area contributed by atoms with Crippen LogP contribution in [0.2, 0.25) is 5.15 Å². The highest BCUT2D eigenvalue weighted by Crippen LogP contribution is 2.26. The minimum Gasteiger partial charge on any atom is -0.478 e. The molecule has 0 aliphatic rings. The first-order chi connectivity index (χ1) is 8.99. The number of carbonyl (C=O) groups is 2. The van der Waals surface area contributed by atoms with E-state index < -0.39 is 5.97 Å². The van der Waals surface area contributed by atoms with Gasteiger partial charge in [0.05, 0.1) is 5.56 Å². The van der Waals surface area contributed by atoms with Crippen molar-refractivity contribution in [3.8, 4) is 11.1 Å². The van der Waals surface area contributed by atoms with Gasteiger partial charge in [-0.1, -0.05) is 29.8 Å². The summed E-state index contributed by atoms with van der Waals surface area (Å²) in [5.41, 5.74) is 1.62. The van der Waals surface area contributed by atoms with Gasteiger partial charge in [-0.2, -0.15) is 0 Å². The molecular formula is C14H10ClNO3. The average Bonchev–Trinajstić information content (AvgIpc) is 2.38. The highest BCUT2D eigenvalue weighted by molar-refractivity contribution is 6.29. The van der Waals surface area contributed by atoms with Crippen LogP contribution in [0.4, 0.5) is 0 Å². The van der Waals surface area contributed by atoms with Crippen LogP contribution in [0.15, 0.2) is 36.5 Å². The Morgan fingerprint density at radius 3 is 2.63 bits per heavy atom. The van der Waals surface area contributed by atoms with E-state index in [2.05, 4.69) is 4.98 Å². The summed E-state index contributed by atoms with van der Waals surface area (Å²) in [5.74, 6) is -1.17. The number of benzene rings is 1. The van der Waals surface area contributed by atoms with Gasteiger partial charge in [-0.25, -0.2) is 9.78 Å². The third-order valence-electron chi connectivity index (χ3n) is 2.68. The Morgan fingerprint density at radius 2 is 2.00 bits per heavy atom. The van der Waals surface area contributed by atoms with E-state index in [9.17, 15) is 14.7 Å². The van der Waals surface area contributed by atoms with E-state index in [1.54, 1.807) is 24.3 Å². The lowest BCUT2D eigenvalue weighted by atomic mass is 9.99. The predicted octanol–water partition coefficient (Wildman–Crippen LogP) is 3.30. The van der Waals surface area contributed by atoms with Crippen molar-refractivity contribution in [2.24, 2.45) is 0 Å². The first-order valence-electron chi connectivity index (χ1n) is 5.49. The number of aromatic nitrogens is 1. The molecule has 1 aromatic heterocycles. The minimum atomic E-state index is -1.09. The SMILES string of the molecule is CC(=O)c1cccc(-c2cnc(Cl)cc2C(=O)O)c1. The van der Waals surface area contributed by atoms with Crippen molar-refractivity contribution in [3.05, 3.63) is 52.8 Å². The predicted molar refractivity (Wildman–Crippen MR) is 71.6 cm³/mol. The monoisotopic (exact) mass is 275 g/mol. The number of ketones is 1. The van der Waals surface area contributed by atoms with E-state index in [4.69, 9.17) is 11.6 Å². The van der Waals surface area contributed by atoms with E-state index in [1.807, 2.05) is 0 Å². The number of rotatable bonds is 3. The molecule has 0 spiro atoms. The summed E-state index contributed by atoms with van der Waals surface area (Å²) in [5, 5.41) is 9.29. The smallest absolute Gasteiger partial charge is 0.336 e. The molecule has 0 aliphatic carbocycles. The topological polar surface area (TPSA) is 67.3 Å². The van der Waals surface area contributed by atoms with Crippen LogP contribution in [0.5, 0.6) is 0 Å². The fraction of sp³-hybridized carbons (Fsp3) is 0.0714. The molecule has 0 saturated carbocycles. The van der Waals surface area contributed by atoms with Crippen LogP contribution in [-0.4, -0.2) is 21.8 Å². The highest BCUT2D eigenvalue weighted by Gasteiger charge is 2.14. The van der Waals surface area contributed by atoms with Crippen molar-refractivity contribution in [3.63, 3.8) is 0 Å². The van der Waals surface area contributed by atoms with Crippen molar-refractivity contribution >= 4 is 23.4 Å². The Labute approximate surface area is 114 Å². The van der Waals surface area contributed by atoms with Gasteiger partial charge in [0.15, 0.2) is 5.78 Å². The normalized spacial score (nSPS) is 10.2. The van der Waals surface area contributed by atoms with Gasteiger partial charge < -0.3 is 5.11 Å². The number of carboxylic acid groups (broad SMARTS) is 1. The lowest BCUT2D eigenvalue weighted by molar-refractivity contribution is 0.0697. The standard InChI is InChI=1S/C14H10ClNO3/c1-8(17)9-3-2-4-10(5-9)12-7-16-13(15)6-11(12)14(18)19/h2-7H,1H3,(H,18,19). The zero-order valence-electron chi connectivity index (χ0n) is 10.1. The fourth-order valence-electron chi connectivity index (χ4n) is 1.74. The third-order valence-corrected chi connectivity index (χ3v) is 2.89. The van der Waals surface area contributed by atoms with E-state index >= 15 is 0 Å². The van der Waals surface area contributed by atoms with Crippen LogP contribution >= 0.6 is 11.6 Å². The molecule has 1 heterocycles. The van der Waals surface area contributed by atoms with Crippen LogP contribution in [0, 0.1) is 0 Å². The number of pyridine rings is 1.